The van der Waals surface area contributed by atoms with Crippen LogP contribution < -0.4 is 16.0 Å². The lowest BCUT2D eigenvalue weighted by atomic mass is 9.76. The Kier molecular flexibility index (Phi) is 17.4. The highest BCUT2D eigenvalue weighted by molar-refractivity contribution is 6.12. The molecule has 5 amide bonds. The van der Waals surface area contributed by atoms with Gasteiger partial charge in [-0.05, 0) is 78.3 Å². The summed E-state index contributed by atoms with van der Waals surface area (Å²) in [5.74, 6) is -3.10. The number of hydrogen-bond donors (Lipinski definition) is 3. The molecular formula is C45H69N5O8. The summed E-state index contributed by atoms with van der Waals surface area (Å²) >= 11 is 0. The maximum atomic E-state index is 14.4. The van der Waals surface area contributed by atoms with Crippen LogP contribution in [0.2, 0.25) is 0 Å². The minimum Gasteiger partial charge on any atom is -0.458 e. The van der Waals surface area contributed by atoms with Crippen LogP contribution >= 0.6 is 0 Å². The number of rotatable bonds is 19. The predicted octanol–water partition coefficient (Wildman–Crippen LogP) is 5.01. The fourth-order valence-electron chi connectivity index (χ4n) is 7.05. The number of aryl methyl sites for hydroxylation is 2. The van der Waals surface area contributed by atoms with Crippen LogP contribution in [-0.4, -0.2) is 101 Å². The Balaban J connectivity index is 2.27. The second-order valence-corrected chi connectivity index (χ2v) is 18.6. The van der Waals surface area contributed by atoms with E-state index in [4.69, 9.17) is 4.74 Å². The Morgan fingerprint density at radius 3 is 1.88 bits per heavy atom. The highest BCUT2D eigenvalue weighted by Gasteiger charge is 2.42. The van der Waals surface area contributed by atoms with Gasteiger partial charge in [0.1, 0.15) is 23.5 Å². The maximum absolute atomic E-state index is 14.4. The van der Waals surface area contributed by atoms with Gasteiger partial charge in [-0.2, -0.15) is 0 Å². The molecule has 58 heavy (non-hydrogen) atoms. The third-order valence-corrected chi connectivity index (χ3v) is 10.3. The Bertz CT molecular complexity index is 1730. The average molecular weight is 808 g/mol. The lowest BCUT2D eigenvalue weighted by Gasteiger charge is -2.40. The Labute approximate surface area is 346 Å². The number of carbonyl (C=O) groups excluding carboxylic acids is 7. The van der Waals surface area contributed by atoms with Gasteiger partial charge in [-0.25, -0.2) is 4.79 Å². The van der Waals surface area contributed by atoms with Crippen LogP contribution in [0.3, 0.4) is 0 Å². The molecule has 0 spiro atoms. The molecule has 1 aliphatic heterocycles. The molecular weight excluding hydrogens is 739 g/mol. The van der Waals surface area contributed by atoms with Gasteiger partial charge in [0, 0.05) is 49.6 Å². The summed E-state index contributed by atoms with van der Waals surface area (Å²) in [7, 11) is 3.38. The van der Waals surface area contributed by atoms with Gasteiger partial charge in [-0.3, -0.25) is 33.7 Å². The van der Waals surface area contributed by atoms with Crippen LogP contribution in [0.15, 0.2) is 42.0 Å². The van der Waals surface area contributed by atoms with E-state index in [1.165, 1.54) is 12.2 Å². The first-order valence-corrected chi connectivity index (χ1v) is 20.2. The Morgan fingerprint density at radius 1 is 0.845 bits per heavy atom. The number of nitrogens with zero attached hydrogens (tertiary/aromatic N) is 2. The van der Waals surface area contributed by atoms with E-state index in [0.29, 0.717) is 0 Å². The van der Waals surface area contributed by atoms with Crippen LogP contribution in [0.25, 0.3) is 0 Å². The minimum atomic E-state index is -1.14. The number of hydrogen-bond acceptors (Lipinski definition) is 9. The number of likely N-dealkylation sites (N-methyl/N-ethyl adjacent to an activating group) is 2. The first-order valence-electron chi connectivity index (χ1n) is 20.2. The molecule has 0 aromatic heterocycles. The molecule has 1 aromatic carbocycles. The molecule has 4 atom stereocenters. The summed E-state index contributed by atoms with van der Waals surface area (Å²) in [5, 5.41) is 9.00. The van der Waals surface area contributed by atoms with E-state index in [2.05, 4.69) is 34.1 Å². The second kappa shape index (κ2) is 20.4. The van der Waals surface area contributed by atoms with E-state index < -0.39 is 64.3 Å². The van der Waals surface area contributed by atoms with Gasteiger partial charge in [0.15, 0.2) is 0 Å². The van der Waals surface area contributed by atoms with Gasteiger partial charge >= 0.3 is 5.97 Å². The van der Waals surface area contributed by atoms with Crippen molar-refractivity contribution in [2.75, 3.05) is 20.6 Å². The fourth-order valence-corrected chi connectivity index (χ4v) is 7.05. The second-order valence-electron chi connectivity index (χ2n) is 18.6. The van der Waals surface area contributed by atoms with Gasteiger partial charge in [-0.15, -0.1) is 0 Å². The zero-order chi connectivity index (χ0) is 44.5. The summed E-state index contributed by atoms with van der Waals surface area (Å²) in [5.41, 5.74) is 1.26. The van der Waals surface area contributed by atoms with Gasteiger partial charge in [0.05, 0.1) is 12.1 Å². The fraction of sp³-hybridized carbons (Fsp3) is 0.622. The Hall–Kier alpha value is -4.65. The average Bonchev–Trinajstić information content (AvgIpc) is 3.41. The number of carbonyl (C=O) groups is 7. The molecule has 322 valence electrons. The third-order valence-electron chi connectivity index (χ3n) is 10.3. The predicted molar refractivity (Wildman–Crippen MR) is 225 cm³/mol. The maximum Gasteiger partial charge on any atom is 0.329 e. The van der Waals surface area contributed by atoms with Crippen LogP contribution in [-0.2, 0) is 43.7 Å². The highest BCUT2D eigenvalue weighted by Crippen LogP contribution is 2.30. The van der Waals surface area contributed by atoms with Crippen molar-refractivity contribution in [1.29, 1.82) is 0 Å². The van der Waals surface area contributed by atoms with Crippen molar-refractivity contribution in [2.24, 2.45) is 11.3 Å². The lowest BCUT2D eigenvalue weighted by Crippen LogP contribution is -2.61. The van der Waals surface area contributed by atoms with Crippen LogP contribution in [0.4, 0.5) is 0 Å². The monoisotopic (exact) mass is 808 g/mol. The summed E-state index contributed by atoms with van der Waals surface area (Å²) < 4.78 is 5.58. The molecule has 0 bridgehead atoms. The molecule has 0 fully saturated rings. The standard InChI is InChI=1S/C45H69N5O8/c1-27(2)34(49(15)41(56)38(43(6,7)8)48-40(55)37(46-14)45(12,13)31-24-28(3)23-29(4)25-31)26-30(5)39(54)47-33(42(57)58-44(9,10)11)19-18-32(51)17-16-22-50-35(52)20-21-36(50)53/h20-21,23-27,33-34,37-38,46H,16-19,22H2,1-15H3,(H,47,54)(H,48,55)/b30-26+/t33-,34-,37-,38-/m1/s1. The number of ether oxygens (including phenoxy) is 1. The first-order chi connectivity index (χ1) is 26.6. The molecule has 13 nitrogen and oxygen atoms in total. The van der Waals surface area contributed by atoms with Crippen molar-refractivity contribution in [1.82, 2.24) is 25.8 Å². The normalized spacial score (nSPS) is 15.9. The molecule has 0 saturated carbocycles. The van der Waals surface area contributed by atoms with Crippen molar-refractivity contribution in [3.8, 4) is 0 Å². The van der Waals surface area contributed by atoms with Crippen molar-refractivity contribution < 1.29 is 38.3 Å². The molecule has 0 radical (unpaired) electrons. The topological polar surface area (TPSA) is 171 Å². The molecule has 1 heterocycles. The highest BCUT2D eigenvalue weighted by atomic mass is 16.6. The quantitative estimate of drug-likeness (QED) is 0.0988. The smallest absolute Gasteiger partial charge is 0.329 e. The zero-order valence-electron chi connectivity index (χ0n) is 37.5. The van der Waals surface area contributed by atoms with E-state index in [9.17, 15) is 33.6 Å². The molecule has 0 saturated heterocycles. The molecule has 0 unspecified atom stereocenters. The number of amides is 5. The van der Waals surface area contributed by atoms with E-state index in [-0.39, 0.29) is 61.3 Å². The summed E-state index contributed by atoms with van der Waals surface area (Å²) in [6, 6.07) is 2.93. The molecule has 0 aliphatic carbocycles. The number of esters is 1. The number of imide groups is 1. The van der Waals surface area contributed by atoms with E-state index in [1.54, 1.807) is 52.8 Å². The van der Waals surface area contributed by atoms with Crippen molar-refractivity contribution in [2.45, 2.75) is 151 Å². The SMILES string of the molecule is CN[C@H](C(=O)N[C@H](C(=O)N(C)[C@H](/C=C(\C)C(=O)N[C@H](CCC(=O)CCCN1C(=O)C=CC1=O)C(=O)OC(C)(C)C)C(C)C)C(C)(C)C)C(C)(C)c1cc(C)cc(C)c1. The summed E-state index contributed by atoms with van der Waals surface area (Å²) in [4.78, 5) is 94.5. The third kappa shape index (κ3) is 14.0. The van der Waals surface area contributed by atoms with E-state index >= 15 is 0 Å². The van der Waals surface area contributed by atoms with Crippen molar-refractivity contribution in [3.63, 3.8) is 0 Å². The molecule has 13 heteroatoms. The number of ketones is 1. The zero-order valence-corrected chi connectivity index (χ0v) is 37.5. The summed E-state index contributed by atoms with van der Waals surface area (Å²) in [6.45, 7) is 24.4. The number of nitrogens with one attached hydrogen (secondary N) is 3. The molecule has 1 aliphatic rings. The van der Waals surface area contributed by atoms with Crippen LogP contribution in [0.1, 0.15) is 119 Å². The number of benzene rings is 1. The molecule has 1 aromatic rings. The van der Waals surface area contributed by atoms with E-state index in [1.807, 2.05) is 62.3 Å². The van der Waals surface area contributed by atoms with Gasteiger partial charge in [0.2, 0.25) is 17.7 Å². The molecule has 2 rings (SSSR count). The number of Topliss-reactive ketones (excluding diaryl/α,β-unsaturated/α-hetero) is 1. The van der Waals surface area contributed by atoms with Crippen LogP contribution in [0, 0.1) is 25.2 Å². The van der Waals surface area contributed by atoms with Gasteiger partial charge in [-0.1, -0.05) is 83.9 Å². The van der Waals surface area contributed by atoms with Crippen molar-refractivity contribution >= 4 is 41.3 Å². The lowest BCUT2D eigenvalue weighted by molar-refractivity contribution is -0.158. The van der Waals surface area contributed by atoms with E-state index in [0.717, 1.165) is 21.6 Å². The largest absolute Gasteiger partial charge is 0.458 e. The Morgan fingerprint density at radius 2 is 1.40 bits per heavy atom. The van der Waals surface area contributed by atoms with Crippen LogP contribution in [0.5, 0.6) is 0 Å². The molecule has 3 N–H and O–H groups in total. The minimum absolute atomic E-state index is 0.0250. The first kappa shape index (κ1) is 49.5. The van der Waals surface area contributed by atoms with Crippen molar-refractivity contribution in [3.05, 3.63) is 58.7 Å². The van der Waals surface area contributed by atoms with Gasteiger partial charge in [0.25, 0.3) is 11.8 Å². The summed E-state index contributed by atoms with van der Waals surface area (Å²) in [6.07, 6.45) is 4.33. The van der Waals surface area contributed by atoms with Gasteiger partial charge < -0.3 is 25.6 Å².